The number of alkyl halides is 3. The lowest BCUT2D eigenvalue weighted by Gasteiger charge is -2.21. The summed E-state index contributed by atoms with van der Waals surface area (Å²) in [6.07, 6.45) is -3.25. The Morgan fingerprint density at radius 3 is 2.56 bits per heavy atom. The van der Waals surface area contributed by atoms with Gasteiger partial charge in [-0.05, 0) is 0 Å². The van der Waals surface area contributed by atoms with Crippen molar-refractivity contribution in [3.05, 3.63) is 11.5 Å². The van der Waals surface area contributed by atoms with Crippen molar-refractivity contribution in [1.29, 1.82) is 0 Å². The summed E-state index contributed by atoms with van der Waals surface area (Å²) in [4.78, 5) is 8.21. The first kappa shape index (κ1) is 12.8. The molecule has 0 radical (unpaired) electrons. The second-order valence-electron chi connectivity index (χ2n) is 2.99. The maximum Gasteiger partial charge on any atom is 0.405 e. The Balaban J connectivity index is 2.99. The molecule has 0 N–H and O–H groups in total. The Bertz CT molecular complexity index is 372. The summed E-state index contributed by atoms with van der Waals surface area (Å²) in [5.74, 6) is 0.0238. The lowest BCUT2D eigenvalue weighted by atomic mass is 10.4. The summed E-state index contributed by atoms with van der Waals surface area (Å²) in [5, 5.41) is -0.0264. The van der Waals surface area contributed by atoms with E-state index in [1.807, 2.05) is 0 Å². The summed E-state index contributed by atoms with van der Waals surface area (Å²) >= 11 is 5.66. The topological polar surface area (TPSA) is 38.3 Å². The number of nitrogens with zero attached hydrogens (tertiary/aromatic N) is 3. The van der Waals surface area contributed by atoms with Crippen molar-refractivity contribution in [3.63, 3.8) is 0 Å². The third-order valence-corrected chi connectivity index (χ3v) is 1.99. The number of anilines is 1. The first-order valence-electron chi connectivity index (χ1n) is 4.17. The van der Waals surface area contributed by atoms with Crippen molar-refractivity contribution >= 4 is 17.4 Å². The van der Waals surface area contributed by atoms with Gasteiger partial charge in [0.15, 0.2) is 16.7 Å². The van der Waals surface area contributed by atoms with Gasteiger partial charge in [0.2, 0.25) is 0 Å². The zero-order chi connectivity index (χ0) is 12.3. The van der Waals surface area contributed by atoms with Crippen molar-refractivity contribution in [2.75, 3.05) is 25.6 Å². The minimum atomic E-state index is -4.32. The molecule has 8 heteroatoms. The zero-order valence-electron chi connectivity index (χ0n) is 8.55. The molecule has 0 unspecified atom stereocenters. The summed E-state index contributed by atoms with van der Waals surface area (Å²) in [6, 6.07) is 0. The van der Waals surface area contributed by atoms with Crippen LogP contribution in [0, 0.1) is 0 Å². The molecule has 0 fully saturated rings. The molecular weight excluding hydrogens is 247 g/mol. The predicted octanol–water partition coefficient (Wildman–Crippen LogP) is 2.14. The summed E-state index contributed by atoms with van der Waals surface area (Å²) in [6.45, 7) is -1.14. The zero-order valence-corrected chi connectivity index (χ0v) is 9.30. The van der Waals surface area contributed by atoms with Crippen LogP contribution in [0.3, 0.4) is 0 Å². The molecule has 4 nitrogen and oxygen atoms in total. The molecular formula is C8H9ClF3N3O. The lowest BCUT2D eigenvalue weighted by molar-refractivity contribution is -0.119. The van der Waals surface area contributed by atoms with E-state index < -0.39 is 12.7 Å². The van der Waals surface area contributed by atoms with Gasteiger partial charge in [0.25, 0.3) is 0 Å². The van der Waals surface area contributed by atoms with Crippen LogP contribution in [0.2, 0.25) is 5.15 Å². The minimum Gasteiger partial charge on any atom is -0.490 e. The van der Waals surface area contributed by atoms with Gasteiger partial charge >= 0.3 is 6.18 Å². The monoisotopic (exact) mass is 255 g/mol. The van der Waals surface area contributed by atoms with Crippen molar-refractivity contribution in [2.24, 2.45) is 0 Å². The van der Waals surface area contributed by atoms with Crippen LogP contribution in [0.15, 0.2) is 6.33 Å². The number of hydrogen-bond donors (Lipinski definition) is 0. The number of halogens is 4. The number of methoxy groups -OCH3 is 1. The third-order valence-electron chi connectivity index (χ3n) is 1.72. The highest BCUT2D eigenvalue weighted by atomic mass is 35.5. The first-order valence-corrected chi connectivity index (χ1v) is 4.55. The molecule has 1 aromatic heterocycles. The van der Waals surface area contributed by atoms with Crippen LogP contribution in [-0.2, 0) is 0 Å². The third kappa shape index (κ3) is 3.13. The largest absolute Gasteiger partial charge is 0.490 e. The molecule has 0 bridgehead atoms. The fourth-order valence-corrected chi connectivity index (χ4v) is 1.34. The summed E-state index contributed by atoms with van der Waals surface area (Å²) in [7, 11) is 2.53. The highest BCUT2D eigenvalue weighted by Crippen LogP contribution is 2.32. The molecule has 0 aliphatic carbocycles. The van der Waals surface area contributed by atoms with Crippen LogP contribution in [0.4, 0.5) is 19.0 Å². The SMILES string of the molecule is COc1c(Cl)ncnc1N(C)CC(F)(F)F. The Hall–Kier alpha value is -1.24. The molecule has 0 aliphatic rings. The molecule has 1 heterocycles. The fraction of sp³-hybridized carbons (Fsp3) is 0.500. The molecule has 0 aromatic carbocycles. The van der Waals surface area contributed by atoms with Crippen LogP contribution in [0.25, 0.3) is 0 Å². The predicted molar refractivity (Wildman–Crippen MR) is 52.9 cm³/mol. The fourth-order valence-electron chi connectivity index (χ4n) is 1.13. The molecule has 1 aromatic rings. The van der Waals surface area contributed by atoms with E-state index in [1.165, 1.54) is 14.2 Å². The smallest absolute Gasteiger partial charge is 0.405 e. The molecule has 0 spiro atoms. The highest BCUT2D eigenvalue weighted by molar-refractivity contribution is 6.31. The van der Waals surface area contributed by atoms with E-state index in [1.54, 1.807) is 0 Å². The van der Waals surface area contributed by atoms with Gasteiger partial charge in [0.05, 0.1) is 7.11 Å². The van der Waals surface area contributed by atoms with E-state index >= 15 is 0 Å². The van der Waals surface area contributed by atoms with Gasteiger partial charge in [0.1, 0.15) is 12.9 Å². The number of hydrogen-bond acceptors (Lipinski definition) is 4. The lowest BCUT2D eigenvalue weighted by Crippen LogP contribution is -2.31. The van der Waals surface area contributed by atoms with Crippen molar-refractivity contribution in [3.8, 4) is 5.75 Å². The first-order chi connectivity index (χ1) is 7.35. The second-order valence-corrected chi connectivity index (χ2v) is 3.35. The summed E-state index contributed by atoms with van der Waals surface area (Å²) in [5.41, 5.74) is 0. The molecule has 1 rings (SSSR count). The van der Waals surface area contributed by atoms with E-state index in [0.29, 0.717) is 0 Å². The number of ether oxygens (including phenoxy) is 1. The van der Waals surface area contributed by atoms with Crippen LogP contribution in [0.1, 0.15) is 0 Å². The molecule has 0 saturated carbocycles. The molecule has 90 valence electrons. The van der Waals surface area contributed by atoms with Crippen molar-refractivity contribution in [2.45, 2.75) is 6.18 Å². The van der Waals surface area contributed by atoms with Crippen LogP contribution in [0.5, 0.6) is 5.75 Å². The quantitative estimate of drug-likeness (QED) is 0.776. The number of rotatable bonds is 3. The average molecular weight is 256 g/mol. The average Bonchev–Trinajstić information content (AvgIpc) is 2.14. The van der Waals surface area contributed by atoms with Crippen LogP contribution >= 0.6 is 11.6 Å². The molecule has 0 atom stereocenters. The van der Waals surface area contributed by atoms with E-state index in [-0.39, 0.29) is 16.7 Å². The van der Waals surface area contributed by atoms with Gasteiger partial charge in [-0.3, -0.25) is 0 Å². The van der Waals surface area contributed by atoms with E-state index in [4.69, 9.17) is 16.3 Å². The Kier molecular flexibility index (Phi) is 3.79. The van der Waals surface area contributed by atoms with Gasteiger partial charge in [-0.25, -0.2) is 9.97 Å². The van der Waals surface area contributed by atoms with Gasteiger partial charge in [-0.15, -0.1) is 0 Å². The van der Waals surface area contributed by atoms with Gasteiger partial charge in [-0.1, -0.05) is 11.6 Å². The maximum atomic E-state index is 12.2. The van der Waals surface area contributed by atoms with Gasteiger partial charge < -0.3 is 9.64 Å². The van der Waals surface area contributed by atoms with Crippen molar-refractivity contribution in [1.82, 2.24) is 9.97 Å². The molecule has 16 heavy (non-hydrogen) atoms. The van der Waals surface area contributed by atoms with E-state index in [9.17, 15) is 13.2 Å². The standard InChI is InChI=1S/C8H9ClF3N3O/c1-15(3-8(10,11)12)7-5(16-2)6(9)13-4-14-7/h4H,3H2,1-2H3. The molecule has 0 saturated heterocycles. The Labute approximate surface area is 95.0 Å². The van der Waals surface area contributed by atoms with Crippen LogP contribution < -0.4 is 9.64 Å². The van der Waals surface area contributed by atoms with Gasteiger partial charge in [-0.2, -0.15) is 13.2 Å². The van der Waals surface area contributed by atoms with Crippen molar-refractivity contribution < 1.29 is 17.9 Å². The second kappa shape index (κ2) is 4.73. The Morgan fingerprint density at radius 1 is 1.44 bits per heavy atom. The van der Waals surface area contributed by atoms with Crippen LogP contribution in [-0.4, -0.2) is 36.8 Å². The summed E-state index contributed by atoms with van der Waals surface area (Å²) < 4.78 is 41.4. The maximum absolute atomic E-state index is 12.2. The van der Waals surface area contributed by atoms with E-state index in [2.05, 4.69) is 9.97 Å². The highest BCUT2D eigenvalue weighted by Gasteiger charge is 2.31. The molecule has 0 aliphatic heterocycles. The minimum absolute atomic E-state index is 0.000162. The normalized spacial score (nSPS) is 11.4. The van der Waals surface area contributed by atoms with Gasteiger partial charge in [0, 0.05) is 7.05 Å². The number of aromatic nitrogens is 2. The van der Waals surface area contributed by atoms with E-state index in [0.717, 1.165) is 11.2 Å². The molecule has 0 amide bonds. The Morgan fingerprint density at radius 2 is 2.06 bits per heavy atom.